The first-order valence-corrected chi connectivity index (χ1v) is 6.16. The normalized spacial score (nSPS) is 11.7. The molecule has 2 rings (SSSR count). The molecule has 5 heteroatoms. The van der Waals surface area contributed by atoms with E-state index in [2.05, 4.69) is 52.0 Å². The van der Waals surface area contributed by atoms with Gasteiger partial charge >= 0.3 is 0 Å². The smallest absolute Gasteiger partial charge is 0.186 e. The van der Waals surface area contributed by atoms with Crippen LogP contribution in [0.4, 0.5) is 0 Å². The van der Waals surface area contributed by atoms with E-state index >= 15 is 0 Å². The fraction of sp³-hybridized carbons (Fsp3) is 0.0833. The van der Waals surface area contributed by atoms with Crippen LogP contribution in [0.5, 0.6) is 0 Å². The molecule has 0 radical (unpaired) electrons. The molecule has 0 aliphatic carbocycles. The second kappa shape index (κ2) is 5.22. The van der Waals surface area contributed by atoms with Gasteiger partial charge in [-0.15, -0.1) is 0 Å². The van der Waals surface area contributed by atoms with Gasteiger partial charge in [-0.3, -0.25) is 0 Å². The molecule has 0 aliphatic rings. The minimum Gasteiger partial charge on any atom is -0.409 e. The summed E-state index contributed by atoms with van der Waals surface area (Å²) in [4.78, 5) is 0. The lowest BCUT2D eigenvalue weighted by molar-refractivity contribution is 0.318. The lowest BCUT2D eigenvalue weighted by atomic mass is 10.2. The van der Waals surface area contributed by atoms with Crippen molar-refractivity contribution in [3.8, 4) is 0 Å². The Morgan fingerprint density at radius 2 is 2.00 bits per heavy atom. The van der Waals surface area contributed by atoms with Gasteiger partial charge in [0.15, 0.2) is 5.84 Å². The zero-order chi connectivity index (χ0) is 12.3. The molecule has 1 heterocycles. The summed E-state index contributed by atoms with van der Waals surface area (Å²) >= 11 is 2.27. The molecule has 4 nitrogen and oxygen atoms in total. The zero-order valence-corrected chi connectivity index (χ0v) is 11.2. The maximum absolute atomic E-state index is 8.68. The SMILES string of the molecule is N/C(=N/O)c1cccn1Cc1ccc(I)cc1. The highest BCUT2D eigenvalue weighted by atomic mass is 127. The maximum atomic E-state index is 8.68. The molecule has 0 aliphatic heterocycles. The van der Waals surface area contributed by atoms with Gasteiger partial charge in [-0.05, 0) is 52.4 Å². The zero-order valence-electron chi connectivity index (χ0n) is 9.05. The minimum atomic E-state index is 0.125. The van der Waals surface area contributed by atoms with Crippen LogP contribution in [-0.4, -0.2) is 15.6 Å². The van der Waals surface area contributed by atoms with Gasteiger partial charge in [0.2, 0.25) is 0 Å². The molecule has 0 saturated carbocycles. The van der Waals surface area contributed by atoms with E-state index in [0.29, 0.717) is 12.2 Å². The number of benzene rings is 1. The molecule has 0 spiro atoms. The Kier molecular flexibility index (Phi) is 3.68. The molecule has 0 unspecified atom stereocenters. The van der Waals surface area contributed by atoms with Crippen LogP contribution in [0.25, 0.3) is 0 Å². The van der Waals surface area contributed by atoms with Crippen LogP contribution in [0, 0.1) is 3.57 Å². The summed E-state index contributed by atoms with van der Waals surface area (Å²) in [5, 5.41) is 11.7. The summed E-state index contributed by atoms with van der Waals surface area (Å²) in [6.07, 6.45) is 1.91. The van der Waals surface area contributed by atoms with Crippen molar-refractivity contribution in [1.29, 1.82) is 0 Å². The molecular weight excluding hydrogens is 329 g/mol. The van der Waals surface area contributed by atoms with E-state index in [1.165, 1.54) is 9.13 Å². The molecule has 0 fully saturated rings. The van der Waals surface area contributed by atoms with E-state index in [4.69, 9.17) is 10.9 Å². The Labute approximate surface area is 113 Å². The topological polar surface area (TPSA) is 63.5 Å². The number of oxime groups is 1. The fourth-order valence-corrected chi connectivity index (χ4v) is 1.98. The van der Waals surface area contributed by atoms with Crippen molar-refractivity contribution < 1.29 is 5.21 Å². The quantitative estimate of drug-likeness (QED) is 0.296. The largest absolute Gasteiger partial charge is 0.409 e. The highest BCUT2D eigenvalue weighted by Crippen LogP contribution is 2.10. The Hall–Kier alpha value is -1.50. The van der Waals surface area contributed by atoms with Crippen LogP contribution in [-0.2, 0) is 6.54 Å². The van der Waals surface area contributed by atoms with Crippen molar-refractivity contribution in [2.24, 2.45) is 10.9 Å². The molecule has 0 saturated heterocycles. The summed E-state index contributed by atoms with van der Waals surface area (Å²) < 4.78 is 3.15. The average Bonchev–Trinajstić information content (AvgIpc) is 2.79. The maximum Gasteiger partial charge on any atom is 0.186 e. The Bertz CT molecular complexity index is 531. The molecule has 1 aromatic carbocycles. The second-order valence-electron chi connectivity index (χ2n) is 3.63. The van der Waals surface area contributed by atoms with Crippen LogP contribution >= 0.6 is 22.6 Å². The fourth-order valence-electron chi connectivity index (χ4n) is 1.62. The highest BCUT2D eigenvalue weighted by Gasteiger charge is 2.05. The molecule has 0 amide bonds. The number of hydrogen-bond acceptors (Lipinski definition) is 2. The number of hydrogen-bond donors (Lipinski definition) is 2. The third-order valence-corrected chi connectivity index (χ3v) is 3.19. The van der Waals surface area contributed by atoms with Crippen molar-refractivity contribution in [3.05, 3.63) is 57.4 Å². The summed E-state index contributed by atoms with van der Waals surface area (Å²) in [7, 11) is 0. The number of nitrogens with two attached hydrogens (primary N) is 1. The van der Waals surface area contributed by atoms with Crippen molar-refractivity contribution in [2.45, 2.75) is 6.54 Å². The third-order valence-electron chi connectivity index (χ3n) is 2.47. The van der Waals surface area contributed by atoms with Gasteiger partial charge < -0.3 is 15.5 Å². The van der Waals surface area contributed by atoms with E-state index in [1.54, 1.807) is 0 Å². The van der Waals surface area contributed by atoms with Crippen molar-refractivity contribution in [1.82, 2.24) is 4.57 Å². The number of amidine groups is 1. The predicted molar refractivity (Wildman–Crippen MR) is 75.2 cm³/mol. The Morgan fingerprint density at radius 1 is 1.29 bits per heavy atom. The first-order valence-electron chi connectivity index (χ1n) is 5.08. The molecule has 1 aromatic heterocycles. The average molecular weight is 341 g/mol. The molecular formula is C12H12IN3O. The second-order valence-corrected chi connectivity index (χ2v) is 4.88. The van der Waals surface area contributed by atoms with Gasteiger partial charge in [0, 0.05) is 16.3 Å². The molecule has 0 bridgehead atoms. The van der Waals surface area contributed by atoms with Gasteiger partial charge in [0.05, 0.1) is 5.69 Å². The van der Waals surface area contributed by atoms with Crippen LogP contribution < -0.4 is 5.73 Å². The summed E-state index contributed by atoms with van der Waals surface area (Å²) in [6.45, 7) is 0.704. The van der Waals surface area contributed by atoms with E-state index in [0.717, 1.165) is 0 Å². The van der Waals surface area contributed by atoms with Crippen molar-refractivity contribution in [2.75, 3.05) is 0 Å². The highest BCUT2D eigenvalue weighted by molar-refractivity contribution is 14.1. The van der Waals surface area contributed by atoms with Gasteiger partial charge in [0.1, 0.15) is 0 Å². The van der Waals surface area contributed by atoms with E-state index in [1.807, 2.05) is 22.9 Å². The Balaban J connectivity index is 2.25. The van der Waals surface area contributed by atoms with Crippen LogP contribution in [0.3, 0.4) is 0 Å². The Morgan fingerprint density at radius 3 is 2.65 bits per heavy atom. The molecule has 88 valence electrons. The number of halogens is 1. The summed E-state index contributed by atoms with van der Waals surface area (Å²) in [5.41, 5.74) is 7.48. The van der Waals surface area contributed by atoms with Crippen LogP contribution in [0.15, 0.2) is 47.8 Å². The third kappa shape index (κ3) is 2.79. The number of nitrogens with zero attached hydrogens (tertiary/aromatic N) is 2. The van der Waals surface area contributed by atoms with Crippen LogP contribution in [0.1, 0.15) is 11.3 Å². The molecule has 17 heavy (non-hydrogen) atoms. The van der Waals surface area contributed by atoms with Gasteiger partial charge in [0.25, 0.3) is 0 Å². The van der Waals surface area contributed by atoms with E-state index in [9.17, 15) is 0 Å². The van der Waals surface area contributed by atoms with Gasteiger partial charge in [-0.1, -0.05) is 17.3 Å². The summed E-state index contributed by atoms with van der Waals surface area (Å²) in [5.74, 6) is 0.125. The summed E-state index contributed by atoms with van der Waals surface area (Å²) in [6, 6.07) is 11.9. The van der Waals surface area contributed by atoms with Gasteiger partial charge in [-0.2, -0.15) is 0 Å². The predicted octanol–water partition coefficient (Wildman–Crippen LogP) is 2.24. The first-order chi connectivity index (χ1) is 8.20. The van der Waals surface area contributed by atoms with Gasteiger partial charge in [-0.25, -0.2) is 0 Å². The first kappa shape index (κ1) is 12.0. The monoisotopic (exact) mass is 341 g/mol. The molecule has 0 atom stereocenters. The van der Waals surface area contributed by atoms with Crippen molar-refractivity contribution >= 4 is 28.4 Å². The van der Waals surface area contributed by atoms with Crippen molar-refractivity contribution in [3.63, 3.8) is 0 Å². The number of rotatable bonds is 3. The van der Waals surface area contributed by atoms with Crippen LogP contribution in [0.2, 0.25) is 0 Å². The van der Waals surface area contributed by atoms with E-state index in [-0.39, 0.29) is 5.84 Å². The van der Waals surface area contributed by atoms with E-state index < -0.39 is 0 Å². The lowest BCUT2D eigenvalue weighted by Gasteiger charge is -2.08. The number of aromatic nitrogens is 1. The standard InChI is InChI=1S/C12H12IN3O/c13-10-5-3-9(4-6-10)8-16-7-1-2-11(16)12(14)15-17/h1-7,17H,8H2,(H2,14,15). The lowest BCUT2D eigenvalue weighted by Crippen LogP contribution is -2.18. The minimum absolute atomic E-state index is 0.125. The molecule has 3 N–H and O–H groups in total. The molecule has 2 aromatic rings.